The maximum atomic E-state index is 3.84. The normalized spacial score (nSPS) is 26.5. The van der Waals surface area contributed by atoms with Crippen LogP contribution in [0, 0.1) is 11.8 Å². The van der Waals surface area contributed by atoms with Crippen LogP contribution in [0.4, 0.5) is 0 Å². The summed E-state index contributed by atoms with van der Waals surface area (Å²) in [6.07, 6.45) is 3.77. The number of rotatable bonds is 6. The molecule has 1 fully saturated rings. The molecule has 1 aliphatic heterocycles. The predicted octanol–water partition coefficient (Wildman–Crippen LogP) is 3.52. The molecule has 0 spiro atoms. The van der Waals surface area contributed by atoms with E-state index in [4.69, 9.17) is 0 Å². The van der Waals surface area contributed by atoms with Crippen LogP contribution >= 0.6 is 0 Å². The van der Waals surface area contributed by atoms with Crippen molar-refractivity contribution < 1.29 is 0 Å². The Labute approximate surface area is 115 Å². The zero-order chi connectivity index (χ0) is 13.8. The summed E-state index contributed by atoms with van der Waals surface area (Å²) in [5.74, 6) is 1.56. The lowest BCUT2D eigenvalue weighted by Crippen LogP contribution is -2.65. The van der Waals surface area contributed by atoms with E-state index in [9.17, 15) is 0 Å². The molecule has 0 aromatic heterocycles. The van der Waals surface area contributed by atoms with Gasteiger partial charge in [-0.2, -0.15) is 0 Å². The van der Waals surface area contributed by atoms with Crippen LogP contribution in [0.3, 0.4) is 0 Å². The minimum Gasteiger partial charge on any atom is -0.308 e. The number of piperazine rings is 1. The van der Waals surface area contributed by atoms with Crippen LogP contribution in [0.25, 0.3) is 0 Å². The number of hydrogen-bond acceptors (Lipinski definition) is 2. The van der Waals surface area contributed by atoms with Crippen LogP contribution in [0.15, 0.2) is 0 Å². The molecule has 0 saturated carbocycles. The van der Waals surface area contributed by atoms with E-state index in [1.807, 2.05) is 0 Å². The van der Waals surface area contributed by atoms with Crippen molar-refractivity contribution in [2.75, 3.05) is 19.6 Å². The Morgan fingerprint density at radius 3 is 2.22 bits per heavy atom. The Hall–Kier alpha value is -0.0800. The van der Waals surface area contributed by atoms with Crippen molar-refractivity contribution in [2.45, 2.75) is 72.4 Å². The van der Waals surface area contributed by atoms with Gasteiger partial charge in [0.05, 0.1) is 0 Å². The van der Waals surface area contributed by atoms with Gasteiger partial charge < -0.3 is 5.32 Å². The first-order valence-corrected chi connectivity index (χ1v) is 7.97. The van der Waals surface area contributed by atoms with Crippen molar-refractivity contribution in [2.24, 2.45) is 11.8 Å². The molecule has 1 saturated heterocycles. The fourth-order valence-corrected chi connectivity index (χ4v) is 3.12. The smallest absolute Gasteiger partial charge is 0.0304 e. The van der Waals surface area contributed by atoms with Gasteiger partial charge in [-0.15, -0.1) is 0 Å². The topological polar surface area (TPSA) is 15.3 Å². The minimum absolute atomic E-state index is 0.360. The Morgan fingerprint density at radius 2 is 1.78 bits per heavy atom. The molecule has 0 aromatic carbocycles. The van der Waals surface area contributed by atoms with Crippen molar-refractivity contribution in [3.8, 4) is 0 Å². The standard InChI is InChI=1S/C16H34N2/c1-7-14(6)11-18-12-16(8-2,9-3)17-10-15(18)13(4)5/h13-15,17H,7-12H2,1-6H3. The zero-order valence-corrected chi connectivity index (χ0v) is 13.4. The van der Waals surface area contributed by atoms with Crippen molar-refractivity contribution in [3.63, 3.8) is 0 Å². The number of nitrogens with zero attached hydrogens (tertiary/aromatic N) is 1. The van der Waals surface area contributed by atoms with Crippen LogP contribution in [-0.4, -0.2) is 36.1 Å². The number of nitrogens with one attached hydrogen (secondary N) is 1. The second-order valence-corrected chi connectivity index (χ2v) is 6.62. The van der Waals surface area contributed by atoms with Crippen molar-refractivity contribution in [1.82, 2.24) is 10.2 Å². The minimum atomic E-state index is 0.360. The number of hydrogen-bond donors (Lipinski definition) is 1. The molecule has 0 amide bonds. The van der Waals surface area contributed by atoms with Crippen molar-refractivity contribution >= 4 is 0 Å². The molecule has 2 atom stereocenters. The van der Waals surface area contributed by atoms with E-state index in [-0.39, 0.29) is 0 Å². The summed E-state index contributed by atoms with van der Waals surface area (Å²) >= 11 is 0. The van der Waals surface area contributed by atoms with Crippen LogP contribution in [0.2, 0.25) is 0 Å². The Kier molecular flexibility index (Phi) is 6.13. The van der Waals surface area contributed by atoms with E-state index < -0.39 is 0 Å². The van der Waals surface area contributed by atoms with Gasteiger partial charge in [0.2, 0.25) is 0 Å². The highest BCUT2D eigenvalue weighted by Gasteiger charge is 2.37. The lowest BCUT2D eigenvalue weighted by molar-refractivity contribution is 0.0397. The van der Waals surface area contributed by atoms with Crippen molar-refractivity contribution in [3.05, 3.63) is 0 Å². The Balaban J connectivity index is 2.75. The molecule has 0 bridgehead atoms. The fourth-order valence-electron chi connectivity index (χ4n) is 3.12. The molecule has 18 heavy (non-hydrogen) atoms. The molecule has 2 unspecified atom stereocenters. The summed E-state index contributed by atoms with van der Waals surface area (Å²) < 4.78 is 0. The first kappa shape index (κ1) is 16.0. The summed E-state index contributed by atoms with van der Waals surface area (Å²) in [5, 5.41) is 3.84. The van der Waals surface area contributed by atoms with E-state index in [1.54, 1.807) is 0 Å². The quantitative estimate of drug-likeness (QED) is 0.780. The van der Waals surface area contributed by atoms with E-state index in [0.29, 0.717) is 11.6 Å². The molecule has 0 radical (unpaired) electrons. The Bertz CT molecular complexity index is 233. The van der Waals surface area contributed by atoms with Gasteiger partial charge in [0, 0.05) is 31.2 Å². The summed E-state index contributed by atoms with van der Waals surface area (Å²) in [4.78, 5) is 2.77. The van der Waals surface area contributed by atoms with Crippen LogP contribution < -0.4 is 5.32 Å². The maximum Gasteiger partial charge on any atom is 0.0304 e. The van der Waals surface area contributed by atoms with Gasteiger partial charge in [-0.25, -0.2) is 0 Å². The lowest BCUT2D eigenvalue weighted by atomic mass is 9.85. The third kappa shape index (κ3) is 3.71. The van der Waals surface area contributed by atoms with Crippen LogP contribution in [0.5, 0.6) is 0 Å². The van der Waals surface area contributed by atoms with Gasteiger partial charge >= 0.3 is 0 Å². The molecular weight excluding hydrogens is 220 g/mol. The third-order valence-electron chi connectivity index (χ3n) is 5.03. The van der Waals surface area contributed by atoms with Gasteiger partial charge in [-0.05, 0) is 24.7 Å². The SMILES string of the molecule is CCC(C)CN1CC(CC)(CC)NCC1C(C)C. The average molecular weight is 254 g/mol. The summed E-state index contributed by atoms with van der Waals surface area (Å²) in [5.41, 5.74) is 0.360. The molecule has 0 aromatic rings. The molecule has 2 heteroatoms. The van der Waals surface area contributed by atoms with E-state index in [0.717, 1.165) is 18.4 Å². The summed E-state index contributed by atoms with van der Waals surface area (Å²) in [6.45, 7) is 17.7. The van der Waals surface area contributed by atoms with Gasteiger partial charge in [-0.1, -0.05) is 48.0 Å². The third-order valence-corrected chi connectivity index (χ3v) is 5.03. The predicted molar refractivity (Wildman–Crippen MR) is 81.0 cm³/mol. The molecule has 1 rings (SSSR count). The van der Waals surface area contributed by atoms with E-state index >= 15 is 0 Å². The summed E-state index contributed by atoms with van der Waals surface area (Å²) in [7, 11) is 0. The zero-order valence-electron chi connectivity index (χ0n) is 13.4. The molecular formula is C16H34N2. The second kappa shape index (κ2) is 6.91. The largest absolute Gasteiger partial charge is 0.308 e. The lowest BCUT2D eigenvalue weighted by Gasteiger charge is -2.49. The van der Waals surface area contributed by atoms with Gasteiger partial charge in [0.1, 0.15) is 0 Å². The molecule has 1 heterocycles. The van der Waals surface area contributed by atoms with E-state index in [1.165, 1.54) is 32.4 Å². The molecule has 108 valence electrons. The monoisotopic (exact) mass is 254 g/mol. The van der Waals surface area contributed by atoms with Crippen LogP contribution in [-0.2, 0) is 0 Å². The molecule has 2 nitrogen and oxygen atoms in total. The maximum absolute atomic E-state index is 3.84. The van der Waals surface area contributed by atoms with E-state index in [2.05, 4.69) is 51.8 Å². The summed E-state index contributed by atoms with van der Waals surface area (Å²) in [6, 6.07) is 0.713. The highest BCUT2D eigenvalue weighted by molar-refractivity contribution is 4.97. The van der Waals surface area contributed by atoms with Gasteiger partial charge in [-0.3, -0.25) is 4.90 Å². The first-order valence-electron chi connectivity index (χ1n) is 7.97. The van der Waals surface area contributed by atoms with Crippen molar-refractivity contribution in [1.29, 1.82) is 0 Å². The second-order valence-electron chi connectivity index (χ2n) is 6.62. The van der Waals surface area contributed by atoms with Gasteiger partial charge in [0.15, 0.2) is 0 Å². The molecule has 0 aliphatic carbocycles. The fraction of sp³-hybridized carbons (Fsp3) is 1.00. The first-order chi connectivity index (χ1) is 8.48. The molecule has 1 aliphatic rings. The Morgan fingerprint density at radius 1 is 1.17 bits per heavy atom. The highest BCUT2D eigenvalue weighted by Crippen LogP contribution is 2.26. The van der Waals surface area contributed by atoms with Gasteiger partial charge in [0.25, 0.3) is 0 Å². The van der Waals surface area contributed by atoms with Crippen LogP contribution in [0.1, 0.15) is 60.8 Å². The average Bonchev–Trinajstić information content (AvgIpc) is 2.38. The molecule has 1 N–H and O–H groups in total. The highest BCUT2D eigenvalue weighted by atomic mass is 15.3.